The van der Waals surface area contributed by atoms with Crippen molar-refractivity contribution in [3.63, 3.8) is 0 Å². The molecule has 0 unspecified atom stereocenters. The Morgan fingerprint density at radius 3 is 2.00 bits per heavy atom. The van der Waals surface area contributed by atoms with Crippen molar-refractivity contribution >= 4 is 5.69 Å². The van der Waals surface area contributed by atoms with Crippen molar-refractivity contribution in [1.82, 2.24) is 0 Å². The second-order valence-corrected chi connectivity index (χ2v) is 4.56. The highest BCUT2D eigenvalue weighted by Gasteiger charge is 2.10. The first-order valence-electron chi connectivity index (χ1n) is 6.55. The second-order valence-electron chi connectivity index (χ2n) is 4.56. The lowest BCUT2D eigenvalue weighted by molar-refractivity contribution is 0.282. The summed E-state index contributed by atoms with van der Waals surface area (Å²) in [7, 11) is 3.00. The number of hydrogen-bond donors (Lipinski definition) is 3. The van der Waals surface area contributed by atoms with Crippen LogP contribution in [0.5, 0.6) is 17.2 Å². The molecule has 112 valence electrons. The maximum atomic E-state index is 9.86. The highest BCUT2D eigenvalue weighted by atomic mass is 16.5. The first-order valence-corrected chi connectivity index (χ1v) is 6.55. The minimum Gasteiger partial charge on any atom is -0.502 e. The standard InChI is InChI=1S/C16H19NO4/c1-20-14-7-12(8-15(21-2)16(14)19)9-17-13-5-3-11(10-18)4-6-13/h3-8,17-19H,9-10H2,1-2H3. The number of aliphatic hydroxyl groups excluding tert-OH is 1. The molecule has 21 heavy (non-hydrogen) atoms. The van der Waals surface area contributed by atoms with E-state index in [9.17, 15) is 5.11 Å². The number of aliphatic hydroxyl groups is 1. The summed E-state index contributed by atoms with van der Waals surface area (Å²) in [6.45, 7) is 0.595. The smallest absolute Gasteiger partial charge is 0.200 e. The van der Waals surface area contributed by atoms with Crippen LogP contribution in [0.15, 0.2) is 36.4 Å². The Hall–Kier alpha value is -2.40. The molecule has 0 amide bonds. The van der Waals surface area contributed by atoms with Crippen molar-refractivity contribution in [1.29, 1.82) is 0 Å². The van der Waals surface area contributed by atoms with Gasteiger partial charge < -0.3 is 25.0 Å². The quantitative estimate of drug-likeness (QED) is 0.762. The molecule has 0 spiro atoms. The average molecular weight is 289 g/mol. The van der Waals surface area contributed by atoms with Crippen LogP contribution in [0.2, 0.25) is 0 Å². The fourth-order valence-corrected chi connectivity index (χ4v) is 1.98. The Bertz CT molecular complexity index is 571. The molecule has 2 rings (SSSR count). The van der Waals surface area contributed by atoms with Crippen LogP contribution in [0.1, 0.15) is 11.1 Å². The number of phenolic OH excluding ortho intramolecular Hbond substituents is 1. The summed E-state index contributed by atoms with van der Waals surface area (Å²) in [6.07, 6.45) is 0. The van der Waals surface area contributed by atoms with E-state index in [4.69, 9.17) is 14.6 Å². The van der Waals surface area contributed by atoms with Crippen molar-refractivity contribution in [2.45, 2.75) is 13.2 Å². The van der Waals surface area contributed by atoms with Crippen molar-refractivity contribution in [2.75, 3.05) is 19.5 Å². The maximum Gasteiger partial charge on any atom is 0.200 e. The molecule has 0 fully saturated rings. The number of aromatic hydroxyl groups is 1. The maximum absolute atomic E-state index is 9.86. The van der Waals surface area contributed by atoms with Gasteiger partial charge in [0.05, 0.1) is 20.8 Å². The predicted octanol–water partition coefficient (Wildman–Crippen LogP) is 2.51. The van der Waals surface area contributed by atoms with Crippen molar-refractivity contribution in [2.24, 2.45) is 0 Å². The van der Waals surface area contributed by atoms with Gasteiger partial charge in [0, 0.05) is 12.2 Å². The minimum absolute atomic E-state index is 0.00366. The van der Waals surface area contributed by atoms with E-state index in [0.717, 1.165) is 16.8 Å². The van der Waals surface area contributed by atoms with Crippen LogP contribution in [0.4, 0.5) is 5.69 Å². The van der Waals surface area contributed by atoms with Gasteiger partial charge >= 0.3 is 0 Å². The van der Waals surface area contributed by atoms with Crippen LogP contribution in [0.3, 0.4) is 0 Å². The van der Waals surface area contributed by atoms with E-state index < -0.39 is 0 Å². The SMILES string of the molecule is COc1cc(CNc2ccc(CO)cc2)cc(OC)c1O. The zero-order chi connectivity index (χ0) is 15.2. The van der Waals surface area contributed by atoms with Crippen LogP contribution in [-0.2, 0) is 13.2 Å². The van der Waals surface area contributed by atoms with E-state index in [1.807, 2.05) is 24.3 Å². The van der Waals surface area contributed by atoms with Crippen LogP contribution >= 0.6 is 0 Å². The minimum atomic E-state index is -0.00366. The van der Waals surface area contributed by atoms with Gasteiger partial charge in [0.1, 0.15) is 0 Å². The third kappa shape index (κ3) is 3.58. The third-order valence-corrected chi connectivity index (χ3v) is 3.17. The van der Waals surface area contributed by atoms with Crippen molar-refractivity contribution < 1.29 is 19.7 Å². The Morgan fingerprint density at radius 1 is 0.952 bits per heavy atom. The summed E-state index contributed by atoms with van der Waals surface area (Å²) in [5.74, 6) is 0.750. The summed E-state index contributed by atoms with van der Waals surface area (Å²) in [5.41, 5.74) is 2.74. The van der Waals surface area contributed by atoms with Gasteiger partial charge in [-0.1, -0.05) is 12.1 Å². The Labute approximate surface area is 123 Å². The third-order valence-electron chi connectivity index (χ3n) is 3.17. The molecule has 0 atom stereocenters. The summed E-state index contributed by atoms with van der Waals surface area (Å²) in [6, 6.07) is 11.0. The molecule has 0 aliphatic carbocycles. The number of phenols is 1. The molecule has 2 aromatic rings. The van der Waals surface area contributed by atoms with Gasteiger partial charge in [0.2, 0.25) is 5.75 Å². The lowest BCUT2D eigenvalue weighted by Gasteiger charge is -2.12. The van der Waals surface area contributed by atoms with E-state index >= 15 is 0 Å². The first kappa shape index (κ1) is 15.0. The molecule has 5 heteroatoms. The molecule has 5 nitrogen and oxygen atoms in total. The number of anilines is 1. The number of nitrogens with one attached hydrogen (secondary N) is 1. The largest absolute Gasteiger partial charge is 0.502 e. The molecule has 0 saturated carbocycles. The fraction of sp³-hybridized carbons (Fsp3) is 0.250. The van der Waals surface area contributed by atoms with Gasteiger partial charge in [-0.15, -0.1) is 0 Å². The fourth-order valence-electron chi connectivity index (χ4n) is 1.98. The zero-order valence-corrected chi connectivity index (χ0v) is 12.1. The molecule has 0 aliphatic rings. The average Bonchev–Trinajstić information content (AvgIpc) is 2.54. The monoisotopic (exact) mass is 289 g/mol. The van der Waals surface area contributed by atoms with Gasteiger partial charge in [-0.25, -0.2) is 0 Å². The summed E-state index contributed by atoms with van der Waals surface area (Å²) >= 11 is 0. The summed E-state index contributed by atoms with van der Waals surface area (Å²) < 4.78 is 10.2. The van der Waals surface area contributed by atoms with Crippen molar-refractivity contribution in [3.8, 4) is 17.2 Å². The van der Waals surface area contributed by atoms with E-state index in [-0.39, 0.29) is 12.4 Å². The van der Waals surface area contributed by atoms with Gasteiger partial charge in [-0.2, -0.15) is 0 Å². The number of ether oxygens (including phenoxy) is 2. The van der Waals surface area contributed by atoms with Gasteiger partial charge in [0.15, 0.2) is 11.5 Å². The molecule has 0 aromatic heterocycles. The van der Waals surface area contributed by atoms with Crippen molar-refractivity contribution in [3.05, 3.63) is 47.5 Å². The van der Waals surface area contributed by atoms with Crippen LogP contribution < -0.4 is 14.8 Å². The lowest BCUT2D eigenvalue weighted by Crippen LogP contribution is -2.01. The Kier molecular flexibility index (Phi) is 4.90. The van der Waals surface area contributed by atoms with Crippen LogP contribution in [0, 0.1) is 0 Å². The molecule has 0 heterocycles. The van der Waals surface area contributed by atoms with Gasteiger partial charge in [-0.3, -0.25) is 0 Å². The normalized spacial score (nSPS) is 10.2. The summed E-state index contributed by atoms with van der Waals surface area (Å²) in [4.78, 5) is 0. The van der Waals surface area contributed by atoms with Crippen LogP contribution in [-0.4, -0.2) is 24.4 Å². The molecule has 0 radical (unpaired) electrons. The number of rotatable bonds is 6. The van der Waals surface area contributed by atoms with E-state index in [1.165, 1.54) is 14.2 Å². The molecular formula is C16H19NO4. The molecule has 0 bridgehead atoms. The topological polar surface area (TPSA) is 71.0 Å². The number of benzene rings is 2. The molecule has 2 aromatic carbocycles. The first-order chi connectivity index (χ1) is 10.2. The second kappa shape index (κ2) is 6.85. The Balaban J connectivity index is 2.11. The number of hydrogen-bond acceptors (Lipinski definition) is 5. The zero-order valence-electron chi connectivity index (χ0n) is 12.1. The molecule has 3 N–H and O–H groups in total. The molecule has 0 saturated heterocycles. The molecular weight excluding hydrogens is 270 g/mol. The highest BCUT2D eigenvalue weighted by molar-refractivity contribution is 5.54. The lowest BCUT2D eigenvalue weighted by atomic mass is 10.1. The highest BCUT2D eigenvalue weighted by Crippen LogP contribution is 2.37. The van der Waals surface area contributed by atoms with Crippen LogP contribution in [0.25, 0.3) is 0 Å². The summed E-state index contributed by atoms with van der Waals surface area (Å²) in [5, 5.41) is 22.1. The van der Waals surface area contributed by atoms with Gasteiger partial charge in [-0.05, 0) is 35.4 Å². The predicted molar refractivity (Wildman–Crippen MR) is 80.9 cm³/mol. The van der Waals surface area contributed by atoms with E-state index in [0.29, 0.717) is 18.0 Å². The Morgan fingerprint density at radius 2 is 1.52 bits per heavy atom. The molecule has 0 aliphatic heterocycles. The van der Waals surface area contributed by atoms with E-state index in [2.05, 4.69) is 5.32 Å². The van der Waals surface area contributed by atoms with Gasteiger partial charge in [0.25, 0.3) is 0 Å². The van der Waals surface area contributed by atoms with E-state index in [1.54, 1.807) is 12.1 Å². The number of methoxy groups -OCH3 is 2.